The first kappa shape index (κ1) is 15.2. The lowest BCUT2D eigenvalue weighted by Gasteiger charge is -2.15. The van der Waals surface area contributed by atoms with E-state index in [2.05, 4.69) is 22.9 Å². The molecular weight excluding hydrogens is 294 g/mol. The number of esters is 1. The zero-order valence-corrected chi connectivity index (χ0v) is 12.6. The summed E-state index contributed by atoms with van der Waals surface area (Å²) in [5, 5.41) is 0. The van der Waals surface area contributed by atoms with E-state index in [9.17, 15) is 4.79 Å². The molecule has 0 aliphatic rings. The van der Waals surface area contributed by atoms with E-state index in [1.807, 2.05) is 36.2 Å². The summed E-state index contributed by atoms with van der Waals surface area (Å²) in [5.41, 5.74) is 1.18. The van der Waals surface area contributed by atoms with Gasteiger partial charge in [-0.05, 0) is 31.2 Å². The number of halogens is 1. The number of rotatable bonds is 7. The normalized spacial score (nSPS) is 10.7. The van der Waals surface area contributed by atoms with Crippen LogP contribution in [0.3, 0.4) is 0 Å². The summed E-state index contributed by atoms with van der Waals surface area (Å²) in [7, 11) is 1.92. The standard InChI is InChI=1S/C14H20BrNO2/c1-3-4-9-18-14(17)11-16(2)10-12-5-7-13(15)8-6-12/h5-8H,3-4,9-11H2,1-2H3. The van der Waals surface area contributed by atoms with Crippen LogP contribution in [0.4, 0.5) is 0 Å². The molecule has 0 unspecified atom stereocenters. The van der Waals surface area contributed by atoms with E-state index in [1.54, 1.807) is 0 Å². The summed E-state index contributed by atoms with van der Waals surface area (Å²) in [6.45, 7) is 3.69. The predicted molar refractivity (Wildman–Crippen MR) is 76.3 cm³/mol. The number of benzene rings is 1. The van der Waals surface area contributed by atoms with Crippen LogP contribution in [0, 0.1) is 0 Å². The maximum absolute atomic E-state index is 11.5. The molecule has 0 aromatic heterocycles. The van der Waals surface area contributed by atoms with Crippen molar-refractivity contribution in [1.82, 2.24) is 4.90 Å². The van der Waals surface area contributed by atoms with Crippen LogP contribution < -0.4 is 0 Å². The van der Waals surface area contributed by atoms with Gasteiger partial charge in [0.1, 0.15) is 0 Å². The number of likely N-dealkylation sites (N-methyl/N-ethyl adjacent to an activating group) is 1. The van der Waals surface area contributed by atoms with Crippen LogP contribution in [0.15, 0.2) is 28.7 Å². The SMILES string of the molecule is CCCCOC(=O)CN(C)Cc1ccc(Br)cc1. The van der Waals surface area contributed by atoms with Crippen molar-refractivity contribution < 1.29 is 9.53 Å². The molecule has 1 aromatic rings. The number of ether oxygens (including phenoxy) is 1. The number of unbranched alkanes of at least 4 members (excludes halogenated alkanes) is 1. The number of nitrogens with zero attached hydrogens (tertiary/aromatic N) is 1. The van der Waals surface area contributed by atoms with Crippen LogP contribution in [0.1, 0.15) is 25.3 Å². The minimum Gasteiger partial charge on any atom is -0.465 e. The summed E-state index contributed by atoms with van der Waals surface area (Å²) in [6.07, 6.45) is 1.98. The Kier molecular flexibility index (Phi) is 6.98. The van der Waals surface area contributed by atoms with E-state index in [0.29, 0.717) is 13.2 Å². The Bertz CT molecular complexity index is 365. The van der Waals surface area contributed by atoms with Gasteiger partial charge in [-0.1, -0.05) is 41.4 Å². The van der Waals surface area contributed by atoms with Crippen molar-refractivity contribution in [1.29, 1.82) is 0 Å². The third kappa shape index (κ3) is 6.17. The number of hydrogen-bond acceptors (Lipinski definition) is 3. The topological polar surface area (TPSA) is 29.5 Å². The molecule has 0 fully saturated rings. The van der Waals surface area contributed by atoms with Crippen molar-refractivity contribution in [2.24, 2.45) is 0 Å². The van der Waals surface area contributed by atoms with E-state index in [1.165, 1.54) is 5.56 Å². The molecule has 0 heterocycles. The second-order valence-electron chi connectivity index (χ2n) is 4.37. The molecule has 100 valence electrons. The summed E-state index contributed by atoms with van der Waals surface area (Å²) in [5.74, 6) is -0.150. The van der Waals surface area contributed by atoms with Crippen molar-refractivity contribution in [3.8, 4) is 0 Å². The Morgan fingerprint density at radius 2 is 2.00 bits per heavy atom. The van der Waals surface area contributed by atoms with Gasteiger partial charge in [0, 0.05) is 11.0 Å². The van der Waals surface area contributed by atoms with Gasteiger partial charge in [0.25, 0.3) is 0 Å². The van der Waals surface area contributed by atoms with Gasteiger partial charge in [0.05, 0.1) is 13.2 Å². The molecule has 0 amide bonds. The molecular formula is C14H20BrNO2. The lowest BCUT2D eigenvalue weighted by atomic mass is 10.2. The summed E-state index contributed by atoms with van der Waals surface area (Å²) in [6, 6.07) is 8.09. The fourth-order valence-corrected chi connectivity index (χ4v) is 1.82. The molecule has 0 N–H and O–H groups in total. The van der Waals surface area contributed by atoms with E-state index in [4.69, 9.17) is 4.74 Å². The first-order chi connectivity index (χ1) is 8.61. The van der Waals surface area contributed by atoms with Gasteiger partial charge in [0.15, 0.2) is 0 Å². The number of carbonyl (C=O) groups is 1. The average molecular weight is 314 g/mol. The van der Waals surface area contributed by atoms with Gasteiger partial charge in [-0.3, -0.25) is 9.69 Å². The van der Waals surface area contributed by atoms with Crippen molar-refractivity contribution >= 4 is 21.9 Å². The molecule has 0 aliphatic heterocycles. The van der Waals surface area contributed by atoms with Gasteiger partial charge < -0.3 is 4.74 Å². The Morgan fingerprint density at radius 1 is 1.33 bits per heavy atom. The Hall–Kier alpha value is -0.870. The van der Waals surface area contributed by atoms with E-state index >= 15 is 0 Å². The van der Waals surface area contributed by atoms with Crippen molar-refractivity contribution in [2.75, 3.05) is 20.2 Å². The molecule has 1 aromatic carbocycles. The molecule has 0 radical (unpaired) electrons. The first-order valence-electron chi connectivity index (χ1n) is 6.20. The van der Waals surface area contributed by atoms with Crippen molar-refractivity contribution in [3.63, 3.8) is 0 Å². The van der Waals surface area contributed by atoms with Gasteiger partial charge in [-0.2, -0.15) is 0 Å². The van der Waals surface area contributed by atoms with Crippen LogP contribution in [-0.2, 0) is 16.1 Å². The van der Waals surface area contributed by atoms with Gasteiger partial charge in [-0.25, -0.2) is 0 Å². The van der Waals surface area contributed by atoms with Crippen LogP contribution in [-0.4, -0.2) is 31.1 Å². The largest absolute Gasteiger partial charge is 0.465 e. The van der Waals surface area contributed by atoms with Gasteiger partial charge >= 0.3 is 5.97 Å². The molecule has 0 aliphatic carbocycles. The zero-order chi connectivity index (χ0) is 13.4. The first-order valence-corrected chi connectivity index (χ1v) is 6.99. The third-order valence-corrected chi connectivity index (χ3v) is 3.05. The summed E-state index contributed by atoms with van der Waals surface area (Å²) < 4.78 is 6.18. The minimum atomic E-state index is -0.150. The molecule has 4 heteroatoms. The zero-order valence-electron chi connectivity index (χ0n) is 11.0. The molecule has 0 spiro atoms. The fraction of sp³-hybridized carbons (Fsp3) is 0.500. The van der Waals surface area contributed by atoms with Crippen LogP contribution in [0.5, 0.6) is 0 Å². The van der Waals surface area contributed by atoms with Crippen molar-refractivity contribution in [3.05, 3.63) is 34.3 Å². The molecule has 0 bridgehead atoms. The average Bonchev–Trinajstić information content (AvgIpc) is 2.32. The van der Waals surface area contributed by atoms with Gasteiger partial charge in [-0.15, -0.1) is 0 Å². The molecule has 1 rings (SSSR count). The Labute approximate surface area is 117 Å². The Morgan fingerprint density at radius 3 is 2.61 bits per heavy atom. The lowest BCUT2D eigenvalue weighted by Crippen LogP contribution is -2.27. The highest BCUT2D eigenvalue weighted by Gasteiger charge is 2.07. The highest BCUT2D eigenvalue weighted by Crippen LogP contribution is 2.11. The minimum absolute atomic E-state index is 0.150. The Balaban J connectivity index is 2.30. The van der Waals surface area contributed by atoms with E-state index in [0.717, 1.165) is 23.9 Å². The van der Waals surface area contributed by atoms with Crippen LogP contribution in [0.2, 0.25) is 0 Å². The van der Waals surface area contributed by atoms with Crippen molar-refractivity contribution in [2.45, 2.75) is 26.3 Å². The summed E-state index contributed by atoms with van der Waals surface area (Å²) >= 11 is 3.40. The third-order valence-electron chi connectivity index (χ3n) is 2.53. The smallest absolute Gasteiger partial charge is 0.320 e. The number of hydrogen-bond donors (Lipinski definition) is 0. The maximum atomic E-state index is 11.5. The van der Waals surface area contributed by atoms with Crippen LogP contribution in [0.25, 0.3) is 0 Å². The molecule has 3 nitrogen and oxygen atoms in total. The second kappa shape index (κ2) is 8.27. The maximum Gasteiger partial charge on any atom is 0.320 e. The highest BCUT2D eigenvalue weighted by molar-refractivity contribution is 9.10. The fourth-order valence-electron chi connectivity index (χ4n) is 1.55. The number of carbonyl (C=O) groups excluding carboxylic acids is 1. The van der Waals surface area contributed by atoms with Crippen LogP contribution >= 0.6 is 15.9 Å². The molecule has 18 heavy (non-hydrogen) atoms. The molecule has 0 atom stereocenters. The quantitative estimate of drug-likeness (QED) is 0.572. The highest BCUT2D eigenvalue weighted by atomic mass is 79.9. The molecule has 0 saturated carbocycles. The van der Waals surface area contributed by atoms with Gasteiger partial charge in [0.2, 0.25) is 0 Å². The van der Waals surface area contributed by atoms with E-state index < -0.39 is 0 Å². The summed E-state index contributed by atoms with van der Waals surface area (Å²) in [4.78, 5) is 13.5. The second-order valence-corrected chi connectivity index (χ2v) is 5.29. The lowest BCUT2D eigenvalue weighted by molar-refractivity contribution is -0.144. The van der Waals surface area contributed by atoms with E-state index in [-0.39, 0.29) is 5.97 Å². The molecule has 0 saturated heterocycles. The monoisotopic (exact) mass is 313 g/mol. The predicted octanol–water partition coefficient (Wildman–Crippen LogP) is 3.22.